The molecule has 2 aliphatic heterocycles. The Labute approximate surface area is 184 Å². The standard InChI is InChI=1S/C22H26FN5O4/c1-31-11-10-27-20(29)5-3-15-2-4-18(23)17(21(15)27)6-7-24-12-16-14-28(22(30)32-16)19-13-25-8-9-26-19/h2-5,8,13,16,24,26H,6-7,9-12,14H2,1H3/t16-/m0/s1. The van der Waals surface area contributed by atoms with Gasteiger partial charge in [-0.25, -0.2) is 9.18 Å². The monoisotopic (exact) mass is 443 g/mol. The van der Waals surface area contributed by atoms with E-state index in [-0.39, 0.29) is 17.5 Å². The number of hydrogen-bond acceptors (Lipinski definition) is 7. The van der Waals surface area contributed by atoms with Gasteiger partial charge >= 0.3 is 6.09 Å². The van der Waals surface area contributed by atoms with Crippen LogP contribution in [0.25, 0.3) is 10.9 Å². The lowest BCUT2D eigenvalue weighted by Gasteiger charge is -2.19. The Morgan fingerprint density at radius 3 is 2.94 bits per heavy atom. The molecule has 3 heterocycles. The van der Waals surface area contributed by atoms with Crippen molar-refractivity contribution in [3.8, 4) is 0 Å². The third-order valence-corrected chi connectivity index (χ3v) is 5.48. The van der Waals surface area contributed by atoms with E-state index in [0.717, 1.165) is 5.39 Å². The number of hydrogen-bond donors (Lipinski definition) is 2. The normalized spacial score (nSPS) is 18.1. The molecule has 4 rings (SSSR count). The van der Waals surface area contributed by atoms with Crippen molar-refractivity contribution >= 4 is 23.2 Å². The Hall–Kier alpha value is -3.24. The van der Waals surface area contributed by atoms with Gasteiger partial charge in [0.2, 0.25) is 0 Å². The number of amides is 1. The highest BCUT2D eigenvalue weighted by atomic mass is 19.1. The molecule has 0 saturated carbocycles. The lowest BCUT2D eigenvalue weighted by atomic mass is 10.1. The van der Waals surface area contributed by atoms with E-state index in [9.17, 15) is 14.0 Å². The Morgan fingerprint density at radius 1 is 1.31 bits per heavy atom. The molecule has 0 radical (unpaired) electrons. The van der Waals surface area contributed by atoms with Crippen LogP contribution in [0.1, 0.15) is 5.56 Å². The number of ether oxygens (including phenoxy) is 2. The van der Waals surface area contributed by atoms with Crippen molar-refractivity contribution in [3.05, 3.63) is 58.0 Å². The minimum atomic E-state index is -0.421. The van der Waals surface area contributed by atoms with E-state index >= 15 is 0 Å². The first kappa shape index (κ1) is 22.0. The van der Waals surface area contributed by atoms with Crippen LogP contribution < -0.4 is 16.2 Å². The van der Waals surface area contributed by atoms with E-state index in [2.05, 4.69) is 15.6 Å². The number of benzene rings is 1. The maximum Gasteiger partial charge on any atom is 0.415 e. The van der Waals surface area contributed by atoms with Gasteiger partial charge in [0, 0.05) is 38.0 Å². The average molecular weight is 443 g/mol. The molecular weight excluding hydrogens is 417 g/mol. The molecule has 32 heavy (non-hydrogen) atoms. The van der Waals surface area contributed by atoms with Gasteiger partial charge in [-0.2, -0.15) is 0 Å². The van der Waals surface area contributed by atoms with Crippen LogP contribution in [0.15, 0.2) is 46.1 Å². The number of halogens is 1. The summed E-state index contributed by atoms with van der Waals surface area (Å²) >= 11 is 0. The number of carbonyl (C=O) groups is 1. The summed E-state index contributed by atoms with van der Waals surface area (Å²) < 4.78 is 26.8. The fourth-order valence-electron chi connectivity index (χ4n) is 3.92. The summed E-state index contributed by atoms with van der Waals surface area (Å²) in [6.45, 7) is 2.56. The van der Waals surface area contributed by atoms with Crippen molar-refractivity contribution in [1.29, 1.82) is 0 Å². The Balaban J connectivity index is 1.40. The molecule has 2 aromatic rings. The first-order valence-electron chi connectivity index (χ1n) is 10.5. The van der Waals surface area contributed by atoms with Gasteiger partial charge in [0.1, 0.15) is 17.7 Å². The molecule has 170 valence electrons. The van der Waals surface area contributed by atoms with E-state index in [1.54, 1.807) is 36.2 Å². The van der Waals surface area contributed by atoms with Gasteiger partial charge in [-0.1, -0.05) is 0 Å². The van der Waals surface area contributed by atoms with E-state index in [1.807, 2.05) is 0 Å². The topological polar surface area (TPSA) is 97.2 Å². The van der Waals surface area contributed by atoms with Gasteiger partial charge in [-0.15, -0.1) is 0 Å². The third-order valence-electron chi connectivity index (χ3n) is 5.48. The summed E-state index contributed by atoms with van der Waals surface area (Å²) in [4.78, 5) is 30.1. The quantitative estimate of drug-likeness (QED) is 0.566. The zero-order chi connectivity index (χ0) is 22.5. The molecule has 10 heteroatoms. The van der Waals surface area contributed by atoms with E-state index < -0.39 is 6.09 Å². The second-order valence-electron chi connectivity index (χ2n) is 7.58. The molecule has 0 aliphatic carbocycles. The SMILES string of the molecule is COCCn1c(=O)ccc2ccc(F)c(CCNC[C@H]3CN(C4=CN=CCN4)C(=O)O3)c21. The summed E-state index contributed by atoms with van der Waals surface area (Å²) in [6, 6.07) is 6.30. The second kappa shape index (κ2) is 9.92. The van der Waals surface area contributed by atoms with Gasteiger partial charge in [0.05, 0.1) is 31.4 Å². The van der Waals surface area contributed by atoms with Crippen molar-refractivity contribution in [3.63, 3.8) is 0 Å². The minimum Gasteiger partial charge on any atom is -0.443 e. The van der Waals surface area contributed by atoms with Crippen molar-refractivity contribution < 1.29 is 18.7 Å². The molecule has 1 aromatic carbocycles. The van der Waals surface area contributed by atoms with Crippen molar-refractivity contribution in [2.24, 2.45) is 4.99 Å². The first-order chi connectivity index (χ1) is 15.6. The number of aliphatic imine (C=N–C) groups is 1. The summed E-state index contributed by atoms with van der Waals surface area (Å²) in [5, 5.41) is 7.12. The summed E-state index contributed by atoms with van der Waals surface area (Å²) in [5.74, 6) is 0.261. The van der Waals surface area contributed by atoms with Gasteiger partial charge in [0.15, 0.2) is 0 Å². The zero-order valence-corrected chi connectivity index (χ0v) is 17.8. The zero-order valence-electron chi connectivity index (χ0n) is 17.8. The van der Waals surface area contributed by atoms with Crippen LogP contribution in [0.4, 0.5) is 9.18 Å². The number of cyclic esters (lactones) is 1. The van der Waals surface area contributed by atoms with E-state index in [0.29, 0.717) is 62.7 Å². The predicted octanol–water partition coefficient (Wildman–Crippen LogP) is 1.21. The highest BCUT2D eigenvalue weighted by molar-refractivity contribution is 5.82. The molecule has 0 spiro atoms. The molecule has 0 unspecified atom stereocenters. The molecule has 9 nitrogen and oxygen atoms in total. The lowest BCUT2D eigenvalue weighted by molar-refractivity contribution is 0.133. The first-order valence-corrected chi connectivity index (χ1v) is 10.5. The molecule has 2 N–H and O–H groups in total. The van der Waals surface area contributed by atoms with Crippen LogP contribution in [-0.4, -0.2) is 67.8 Å². The fourth-order valence-corrected chi connectivity index (χ4v) is 3.92. The van der Waals surface area contributed by atoms with Gasteiger partial charge in [-0.3, -0.25) is 14.7 Å². The number of aromatic nitrogens is 1. The molecule has 2 aliphatic rings. The van der Waals surface area contributed by atoms with E-state index in [1.165, 1.54) is 17.0 Å². The van der Waals surface area contributed by atoms with Crippen LogP contribution >= 0.6 is 0 Å². The molecule has 1 amide bonds. The number of nitrogens with zero attached hydrogens (tertiary/aromatic N) is 3. The maximum atomic E-state index is 14.7. The molecule has 0 bridgehead atoms. The maximum absolute atomic E-state index is 14.7. The van der Waals surface area contributed by atoms with Crippen molar-refractivity contribution in [2.45, 2.75) is 19.1 Å². The molecular formula is C22H26FN5O4. The highest BCUT2D eigenvalue weighted by Crippen LogP contribution is 2.21. The van der Waals surface area contributed by atoms with Gasteiger partial charge < -0.3 is 24.7 Å². The number of pyridine rings is 1. The number of rotatable bonds is 9. The lowest BCUT2D eigenvalue weighted by Crippen LogP contribution is -2.36. The summed E-state index contributed by atoms with van der Waals surface area (Å²) in [6.07, 6.45) is 2.94. The summed E-state index contributed by atoms with van der Waals surface area (Å²) in [7, 11) is 1.56. The largest absolute Gasteiger partial charge is 0.443 e. The Morgan fingerprint density at radius 2 is 2.16 bits per heavy atom. The van der Waals surface area contributed by atoms with Crippen molar-refractivity contribution in [1.82, 2.24) is 20.1 Å². The van der Waals surface area contributed by atoms with Crippen LogP contribution in [0.3, 0.4) is 0 Å². The number of nitrogens with one attached hydrogen (secondary N) is 2. The van der Waals surface area contributed by atoms with Crippen molar-refractivity contribution in [2.75, 3.05) is 39.9 Å². The molecule has 1 atom stereocenters. The van der Waals surface area contributed by atoms with Gasteiger partial charge in [-0.05, 0) is 36.6 Å². The van der Waals surface area contributed by atoms with Crippen LogP contribution in [-0.2, 0) is 22.4 Å². The smallest absolute Gasteiger partial charge is 0.415 e. The molecule has 1 saturated heterocycles. The van der Waals surface area contributed by atoms with Crippen LogP contribution in [0.2, 0.25) is 0 Å². The Bertz CT molecular complexity index is 1110. The van der Waals surface area contributed by atoms with E-state index in [4.69, 9.17) is 9.47 Å². The highest BCUT2D eigenvalue weighted by Gasteiger charge is 2.33. The number of fused-ring (bicyclic) bond motifs is 1. The third kappa shape index (κ3) is 4.66. The van der Waals surface area contributed by atoms with Gasteiger partial charge in [0.25, 0.3) is 5.56 Å². The summed E-state index contributed by atoms with van der Waals surface area (Å²) in [5.41, 5.74) is 0.872. The van der Waals surface area contributed by atoms with Crippen LogP contribution in [0.5, 0.6) is 0 Å². The second-order valence-corrected chi connectivity index (χ2v) is 7.58. The molecule has 1 fully saturated rings. The average Bonchev–Trinajstić information content (AvgIpc) is 3.18. The number of carbonyl (C=O) groups excluding carboxylic acids is 1. The number of methoxy groups -OCH3 is 1. The fraction of sp³-hybridized carbons (Fsp3) is 0.409. The molecule has 1 aromatic heterocycles. The minimum absolute atomic E-state index is 0.192. The Kier molecular flexibility index (Phi) is 6.81. The van der Waals surface area contributed by atoms with Crippen LogP contribution in [0, 0.1) is 5.82 Å². The predicted molar refractivity (Wildman–Crippen MR) is 118 cm³/mol.